The molecule has 0 bridgehead atoms. The summed E-state index contributed by atoms with van der Waals surface area (Å²) in [6.45, 7) is 0.0938. The summed E-state index contributed by atoms with van der Waals surface area (Å²) >= 11 is 5.96. The number of halogens is 3. The fourth-order valence-electron chi connectivity index (χ4n) is 1.45. The van der Waals surface area contributed by atoms with Gasteiger partial charge >= 0.3 is 0 Å². The fraction of sp³-hybridized carbons (Fsp3) is 0.0769. The predicted molar refractivity (Wildman–Crippen MR) is 66.6 cm³/mol. The number of hydrogen-bond acceptors (Lipinski definition) is 2. The normalized spacial score (nSPS) is 10.4. The zero-order valence-electron chi connectivity index (χ0n) is 9.29. The first-order chi connectivity index (χ1) is 8.58. The fourth-order valence-corrected chi connectivity index (χ4v) is 1.69. The van der Waals surface area contributed by atoms with E-state index >= 15 is 0 Å². The molecule has 0 unspecified atom stereocenters. The summed E-state index contributed by atoms with van der Waals surface area (Å²) in [5.74, 6) is -1.66. The first-order valence-corrected chi connectivity index (χ1v) is 5.56. The zero-order chi connectivity index (χ0) is 13.1. The van der Waals surface area contributed by atoms with Gasteiger partial charge in [0.15, 0.2) is 11.6 Å². The van der Waals surface area contributed by atoms with Crippen molar-refractivity contribution in [2.24, 2.45) is 0 Å². The zero-order valence-corrected chi connectivity index (χ0v) is 10.0. The van der Waals surface area contributed by atoms with Gasteiger partial charge in [0, 0.05) is 22.3 Å². The molecule has 0 amide bonds. The van der Waals surface area contributed by atoms with Gasteiger partial charge in [-0.2, -0.15) is 0 Å². The highest BCUT2D eigenvalue weighted by atomic mass is 35.5. The Labute approximate surface area is 108 Å². The molecule has 2 rings (SSSR count). The average Bonchev–Trinajstić information content (AvgIpc) is 2.33. The molecule has 5 heteroatoms. The van der Waals surface area contributed by atoms with Crippen LogP contribution in [0.4, 0.5) is 14.5 Å². The van der Waals surface area contributed by atoms with E-state index in [2.05, 4.69) is 0 Å². The highest BCUT2D eigenvalue weighted by Gasteiger charge is 2.07. The molecule has 0 aromatic heterocycles. The maximum Gasteiger partial charge on any atom is 0.162 e. The van der Waals surface area contributed by atoms with Crippen molar-refractivity contribution in [2.45, 2.75) is 6.61 Å². The summed E-state index contributed by atoms with van der Waals surface area (Å²) in [4.78, 5) is 0. The number of hydrogen-bond donors (Lipinski definition) is 1. The van der Waals surface area contributed by atoms with E-state index in [-0.39, 0.29) is 12.4 Å². The Kier molecular flexibility index (Phi) is 3.67. The summed E-state index contributed by atoms with van der Waals surface area (Å²) < 4.78 is 31.0. The van der Waals surface area contributed by atoms with Crippen LogP contribution in [0.5, 0.6) is 5.75 Å². The van der Waals surface area contributed by atoms with Crippen molar-refractivity contribution in [1.82, 2.24) is 0 Å². The van der Waals surface area contributed by atoms with Gasteiger partial charge in [-0.25, -0.2) is 8.78 Å². The molecule has 0 radical (unpaired) electrons. The van der Waals surface area contributed by atoms with Crippen molar-refractivity contribution in [3.05, 3.63) is 58.6 Å². The summed E-state index contributed by atoms with van der Waals surface area (Å²) in [7, 11) is 0. The first-order valence-electron chi connectivity index (χ1n) is 5.18. The van der Waals surface area contributed by atoms with E-state index in [1.807, 2.05) is 0 Å². The maximum atomic E-state index is 13.0. The quantitative estimate of drug-likeness (QED) is 0.861. The third kappa shape index (κ3) is 2.71. The van der Waals surface area contributed by atoms with Gasteiger partial charge in [0.05, 0.1) is 0 Å². The van der Waals surface area contributed by atoms with E-state index in [9.17, 15) is 8.78 Å². The SMILES string of the molecule is Nc1cccc(Cl)c1COc1ccc(F)c(F)c1. The molecule has 0 aliphatic rings. The van der Waals surface area contributed by atoms with Crippen molar-refractivity contribution in [3.63, 3.8) is 0 Å². The van der Waals surface area contributed by atoms with Gasteiger partial charge in [-0.15, -0.1) is 0 Å². The number of anilines is 1. The molecule has 2 aromatic carbocycles. The van der Waals surface area contributed by atoms with E-state index in [4.69, 9.17) is 22.1 Å². The minimum Gasteiger partial charge on any atom is -0.489 e. The smallest absolute Gasteiger partial charge is 0.162 e. The first kappa shape index (κ1) is 12.6. The summed E-state index contributed by atoms with van der Waals surface area (Å²) in [6, 6.07) is 8.41. The van der Waals surface area contributed by atoms with Crippen LogP contribution in [0.3, 0.4) is 0 Å². The lowest BCUT2D eigenvalue weighted by Crippen LogP contribution is -2.01. The molecule has 0 fully saturated rings. The van der Waals surface area contributed by atoms with E-state index in [0.717, 1.165) is 12.1 Å². The largest absolute Gasteiger partial charge is 0.489 e. The Morgan fingerprint density at radius 3 is 2.56 bits per heavy atom. The van der Waals surface area contributed by atoms with E-state index in [1.54, 1.807) is 18.2 Å². The third-order valence-corrected chi connectivity index (χ3v) is 2.78. The Morgan fingerprint density at radius 2 is 1.89 bits per heavy atom. The molecular weight excluding hydrogens is 260 g/mol. The molecule has 2 N–H and O–H groups in total. The monoisotopic (exact) mass is 269 g/mol. The van der Waals surface area contributed by atoms with Crippen molar-refractivity contribution >= 4 is 17.3 Å². The number of benzene rings is 2. The molecule has 2 aromatic rings. The summed E-state index contributed by atoms with van der Waals surface area (Å²) in [6.07, 6.45) is 0. The lowest BCUT2D eigenvalue weighted by atomic mass is 10.2. The van der Waals surface area contributed by atoms with Crippen molar-refractivity contribution in [2.75, 3.05) is 5.73 Å². The van der Waals surface area contributed by atoms with Crippen molar-refractivity contribution in [3.8, 4) is 5.75 Å². The summed E-state index contributed by atoms with van der Waals surface area (Å²) in [5.41, 5.74) is 6.85. The molecule has 0 atom stereocenters. The van der Waals surface area contributed by atoms with E-state index in [0.29, 0.717) is 16.3 Å². The number of nitrogen functional groups attached to an aromatic ring is 1. The van der Waals surface area contributed by atoms with Crippen LogP contribution >= 0.6 is 11.6 Å². The van der Waals surface area contributed by atoms with Crippen LogP contribution < -0.4 is 10.5 Å². The Bertz CT molecular complexity index is 555. The highest BCUT2D eigenvalue weighted by molar-refractivity contribution is 6.31. The molecule has 0 spiro atoms. The van der Waals surface area contributed by atoms with E-state index < -0.39 is 11.6 Å². The lowest BCUT2D eigenvalue weighted by molar-refractivity contribution is 0.304. The maximum absolute atomic E-state index is 13.0. The van der Waals surface area contributed by atoms with E-state index in [1.165, 1.54) is 6.07 Å². The number of ether oxygens (including phenoxy) is 1. The van der Waals surface area contributed by atoms with Gasteiger partial charge < -0.3 is 10.5 Å². The van der Waals surface area contributed by atoms with Crippen LogP contribution in [0, 0.1) is 11.6 Å². The van der Waals surface area contributed by atoms with Gasteiger partial charge in [0.1, 0.15) is 12.4 Å². The van der Waals surface area contributed by atoms with Crippen LogP contribution in [0.2, 0.25) is 5.02 Å². The minimum atomic E-state index is -0.959. The summed E-state index contributed by atoms with van der Waals surface area (Å²) in [5, 5.41) is 0.470. The van der Waals surface area contributed by atoms with Gasteiger partial charge in [0.2, 0.25) is 0 Å². The predicted octanol–water partition coefficient (Wildman–Crippen LogP) is 3.78. The van der Waals surface area contributed by atoms with Gasteiger partial charge in [-0.1, -0.05) is 17.7 Å². The molecule has 94 valence electrons. The van der Waals surface area contributed by atoms with Crippen molar-refractivity contribution < 1.29 is 13.5 Å². The molecule has 0 aliphatic heterocycles. The van der Waals surface area contributed by atoms with Crippen LogP contribution in [0.1, 0.15) is 5.56 Å². The van der Waals surface area contributed by atoms with Gasteiger partial charge in [0.25, 0.3) is 0 Å². The topological polar surface area (TPSA) is 35.2 Å². The van der Waals surface area contributed by atoms with Crippen LogP contribution in [0.25, 0.3) is 0 Å². The van der Waals surface area contributed by atoms with Crippen LogP contribution in [0.15, 0.2) is 36.4 Å². The molecule has 18 heavy (non-hydrogen) atoms. The second-order valence-electron chi connectivity index (χ2n) is 3.67. The highest BCUT2D eigenvalue weighted by Crippen LogP contribution is 2.24. The average molecular weight is 270 g/mol. The Morgan fingerprint density at radius 1 is 1.11 bits per heavy atom. The van der Waals surface area contributed by atoms with Crippen molar-refractivity contribution in [1.29, 1.82) is 0 Å². The van der Waals surface area contributed by atoms with Gasteiger partial charge in [-0.3, -0.25) is 0 Å². The molecule has 0 saturated carbocycles. The van der Waals surface area contributed by atoms with Crippen LogP contribution in [-0.4, -0.2) is 0 Å². The molecular formula is C13H10ClF2NO. The molecule has 0 saturated heterocycles. The Hall–Kier alpha value is -1.81. The Balaban J connectivity index is 2.14. The molecule has 2 nitrogen and oxygen atoms in total. The number of rotatable bonds is 3. The standard InChI is InChI=1S/C13H10ClF2NO/c14-10-2-1-3-13(17)9(10)7-18-8-4-5-11(15)12(16)6-8/h1-6H,7,17H2. The second kappa shape index (κ2) is 5.23. The molecule has 0 aliphatic carbocycles. The van der Waals surface area contributed by atoms with Crippen LogP contribution in [-0.2, 0) is 6.61 Å². The van der Waals surface area contributed by atoms with Gasteiger partial charge in [-0.05, 0) is 24.3 Å². The second-order valence-corrected chi connectivity index (χ2v) is 4.08. The lowest BCUT2D eigenvalue weighted by Gasteiger charge is -2.10. The molecule has 0 heterocycles. The minimum absolute atomic E-state index is 0.0938. The third-order valence-electron chi connectivity index (χ3n) is 2.43. The number of nitrogens with two attached hydrogens (primary N) is 1.